The van der Waals surface area contributed by atoms with Crippen LogP contribution in [0.15, 0.2) is 48.8 Å². The van der Waals surface area contributed by atoms with E-state index in [9.17, 15) is 0 Å². The number of imidazole rings is 1. The van der Waals surface area contributed by atoms with Gasteiger partial charge in [0.25, 0.3) is 0 Å². The van der Waals surface area contributed by atoms with Crippen molar-refractivity contribution in [1.82, 2.24) is 9.38 Å². The second-order valence-corrected chi connectivity index (χ2v) is 4.66. The number of pyridine rings is 1. The second-order valence-electron chi connectivity index (χ2n) is 4.66. The van der Waals surface area contributed by atoms with Crippen molar-refractivity contribution in [3.8, 4) is 5.75 Å². The molecule has 1 aromatic carbocycles. The first-order valence-corrected chi connectivity index (χ1v) is 6.59. The fraction of sp³-hybridized carbons (Fsp3) is 0.188. The number of rotatable bonds is 4. The molecule has 3 aromatic rings. The molecule has 2 aromatic heterocycles. The van der Waals surface area contributed by atoms with E-state index in [1.165, 1.54) is 0 Å². The first-order valence-electron chi connectivity index (χ1n) is 6.59. The van der Waals surface area contributed by atoms with E-state index in [-0.39, 0.29) is 0 Å². The largest absolute Gasteiger partial charge is 0.496 e. The van der Waals surface area contributed by atoms with Crippen LogP contribution in [0.5, 0.6) is 5.75 Å². The van der Waals surface area contributed by atoms with E-state index >= 15 is 0 Å². The molecule has 0 aliphatic heterocycles. The van der Waals surface area contributed by atoms with E-state index in [2.05, 4.69) is 15.5 Å². The van der Waals surface area contributed by atoms with Crippen LogP contribution in [0.3, 0.4) is 0 Å². The molecule has 0 aliphatic rings. The topological polar surface area (TPSA) is 52.5 Å². The number of ether oxygens (including phenoxy) is 1. The van der Waals surface area contributed by atoms with E-state index in [1.807, 2.05) is 42.7 Å². The molecule has 20 heavy (non-hydrogen) atoms. The fourth-order valence-corrected chi connectivity index (χ4v) is 2.46. The number of aromatic nitrogens is 2. The van der Waals surface area contributed by atoms with Crippen LogP contribution in [0.2, 0.25) is 0 Å². The fourth-order valence-electron chi connectivity index (χ4n) is 2.46. The third kappa shape index (κ3) is 2.14. The number of fused-ring (bicyclic) bond motifs is 1. The number of nitrogens with two attached hydrogens (primary N) is 1. The lowest BCUT2D eigenvalue weighted by Gasteiger charge is -2.08. The molecule has 0 bridgehead atoms. The van der Waals surface area contributed by atoms with Gasteiger partial charge in [0.15, 0.2) is 0 Å². The molecule has 3 rings (SSSR count). The lowest BCUT2D eigenvalue weighted by Crippen LogP contribution is -2.02. The molecule has 4 nitrogen and oxygen atoms in total. The summed E-state index contributed by atoms with van der Waals surface area (Å²) in [6.07, 6.45) is 4.63. The van der Waals surface area contributed by atoms with Crippen LogP contribution in [0.1, 0.15) is 17.0 Å². The number of nitrogens with zero attached hydrogens (tertiary/aromatic N) is 2. The van der Waals surface area contributed by atoms with Crippen LogP contribution in [0, 0.1) is 0 Å². The van der Waals surface area contributed by atoms with Gasteiger partial charge in [0.1, 0.15) is 11.6 Å². The Morgan fingerprint density at radius 1 is 1.15 bits per heavy atom. The minimum atomic E-state index is 0.518. The Balaban J connectivity index is 2.03. The molecular weight excluding hydrogens is 250 g/mol. The molecule has 0 atom stereocenters. The second kappa shape index (κ2) is 5.35. The number of para-hydroxylation sites is 1. The number of benzene rings is 1. The van der Waals surface area contributed by atoms with E-state index in [1.54, 1.807) is 7.11 Å². The van der Waals surface area contributed by atoms with E-state index in [4.69, 9.17) is 10.5 Å². The number of hydrogen-bond donors (Lipinski definition) is 1. The highest BCUT2D eigenvalue weighted by Crippen LogP contribution is 2.21. The predicted octanol–water partition coefficient (Wildman–Crippen LogP) is 2.39. The van der Waals surface area contributed by atoms with Crippen molar-refractivity contribution in [2.24, 2.45) is 5.73 Å². The Labute approximate surface area is 117 Å². The maximum atomic E-state index is 5.76. The Bertz CT molecular complexity index is 733. The molecule has 4 heteroatoms. The van der Waals surface area contributed by atoms with Gasteiger partial charge in [-0.25, -0.2) is 4.98 Å². The molecule has 2 N–H and O–H groups in total. The first kappa shape index (κ1) is 12.7. The minimum Gasteiger partial charge on any atom is -0.496 e. The molecule has 0 aliphatic carbocycles. The van der Waals surface area contributed by atoms with Crippen LogP contribution in [-0.4, -0.2) is 16.5 Å². The molecule has 2 heterocycles. The van der Waals surface area contributed by atoms with Crippen LogP contribution < -0.4 is 10.5 Å². The van der Waals surface area contributed by atoms with E-state index in [0.29, 0.717) is 6.54 Å². The number of hydrogen-bond acceptors (Lipinski definition) is 3. The molecule has 0 unspecified atom stereocenters. The van der Waals surface area contributed by atoms with E-state index in [0.717, 1.165) is 34.6 Å². The molecule has 0 saturated heterocycles. The lowest BCUT2D eigenvalue weighted by molar-refractivity contribution is 0.410. The SMILES string of the molecule is COc1ccccc1Cc1ncc2c(CN)cccn12. The van der Waals surface area contributed by atoms with Crippen molar-refractivity contribution >= 4 is 5.52 Å². The van der Waals surface area contributed by atoms with Crippen LogP contribution in [-0.2, 0) is 13.0 Å². The summed E-state index contributed by atoms with van der Waals surface area (Å²) in [7, 11) is 1.69. The van der Waals surface area contributed by atoms with Crippen molar-refractivity contribution < 1.29 is 4.74 Å². The zero-order chi connectivity index (χ0) is 13.9. The maximum absolute atomic E-state index is 5.76. The van der Waals surface area contributed by atoms with Crippen LogP contribution in [0.25, 0.3) is 5.52 Å². The first-order chi connectivity index (χ1) is 9.83. The van der Waals surface area contributed by atoms with Gasteiger partial charge in [0.2, 0.25) is 0 Å². The summed E-state index contributed by atoms with van der Waals surface area (Å²) in [5, 5.41) is 0. The van der Waals surface area contributed by atoms with Crippen molar-refractivity contribution in [2.75, 3.05) is 7.11 Å². The maximum Gasteiger partial charge on any atom is 0.122 e. The summed E-state index contributed by atoms with van der Waals surface area (Å²) in [4.78, 5) is 4.53. The Morgan fingerprint density at radius 2 is 1.95 bits per heavy atom. The quantitative estimate of drug-likeness (QED) is 0.789. The van der Waals surface area contributed by atoms with Gasteiger partial charge in [-0.3, -0.25) is 0 Å². The van der Waals surface area contributed by atoms with Gasteiger partial charge in [-0.2, -0.15) is 0 Å². The normalized spacial score (nSPS) is 10.9. The Morgan fingerprint density at radius 3 is 2.75 bits per heavy atom. The predicted molar refractivity (Wildman–Crippen MR) is 78.9 cm³/mol. The molecule has 0 radical (unpaired) electrons. The summed E-state index contributed by atoms with van der Waals surface area (Å²) < 4.78 is 7.49. The van der Waals surface area contributed by atoms with Gasteiger partial charge in [0, 0.05) is 24.7 Å². The molecule has 0 fully saturated rings. The van der Waals surface area contributed by atoms with Crippen molar-refractivity contribution in [3.05, 3.63) is 65.7 Å². The summed E-state index contributed by atoms with van der Waals surface area (Å²) >= 11 is 0. The highest BCUT2D eigenvalue weighted by atomic mass is 16.5. The lowest BCUT2D eigenvalue weighted by atomic mass is 10.1. The smallest absolute Gasteiger partial charge is 0.122 e. The summed E-state index contributed by atoms with van der Waals surface area (Å²) in [5.41, 5.74) is 9.06. The zero-order valence-electron chi connectivity index (χ0n) is 11.4. The molecular formula is C16H17N3O. The van der Waals surface area contributed by atoms with Gasteiger partial charge >= 0.3 is 0 Å². The minimum absolute atomic E-state index is 0.518. The average Bonchev–Trinajstić information content (AvgIpc) is 2.91. The highest BCUT2D eigenvalue weighted by molar-refractivity contribution is 5.54. The van der Waals surface area contributed by atoms with Gasteiger partial charge < -0.3 is 14.9 Å². The van der Waals surface area contributed by atoms with Gasteiger partial charge in [0.05, 0.1) is 18.8 Å². The van der Waals surface area contributed by atoms with Gasteiger partial charge in [-0.15, -0.1) is 0 Å². The average molecular weight is 267 g/mol. The monoisotopic (exact) mass is 267 g/mol. The summed E-state index contributed by atoms with van der Waals surface area (Å²) in [5.74, 6) is 1.87. The van der Waals surface area contributed by atoms with Gasteiger partial charge in [-0.05, 0) is 17.7 Å². The number of methoxy groups -OCH3 is 1. The van der Waals surface area contributed by atoms with Crippen molar-refractivity contribution in [1.29, 1.82) is 0 Å². The van der Waals surface area contributed by atoms with Crippen LogP contribution in [0.4, 0.5) is 0 Å². The molecule has 102 valence electrons. The standard InChI is InChI=1S/C16H17N3O/c1-20-15-7-3-2-5-12(15)9-16-18-11-14-13(10-17)6-4-8-19(14)16/h2-8,11H,9-10,17H2,1H3. The Hall–Kier alpha value is -2.33. The zero-order valence-corrected chi connectivity index (χ0v) is 11.4. The summed E-state index contributed by atoms with van der Waals surface area (Å²) in [6.45, 7) is 0.518. The Kier molecular flexibility index (Phi) is 3.39. The summed E-state index contributed by atoms with van der Waals surface area (Å²) in [6, 6.07) is 12.0. The van der Waals surface area contributed by atoms with Crippen LogP contribution >= 0.6 is 0 Å². The van der Waals surface area contributed by atoms with Crippen molar-refractivity contribution in [2.45, 2.75) is 13.0 Å². The molecule has 0 saturated carbocycles. The van der Waals surface area contributed by atoms with Crippen molar-refractivity contribution in [3.63, 3.8) is 0 Å². The molecule has 0 spiro atoms. The molecule has 0 amide bonds. The highest BCUT2D eigenvalue weighted by Gasteiger charge is 2.09. The third-order valence-corrected chi connectivity index (χ3v) is 3.50. The van der Waals surface area contributed by atoms with Gasteiger partial charge in [-0.1, -0.05) is 24.3 Å². The third-order valence-electron chi connectivity index (χ3n) is 3.50. The van der Waals surface area contributed by atoms with E-state index < -0.39 is 0 Å².